The molecule has 0 atom stereocenters. The molecule has 4 aromatic rings. The largest absolute Gasteiger partial charge is 0.421 e. The Morgan fingerprint density at radius 3 is 2.81 bits per heavy atom. The molecule has 0 fully saturated rings. The second-order valence-corrected chi connectivity index (χ2v) is 5.62. The van der Waals surface area contributed by atoms with Crippen LogP contribution in [0.25, 0.3) is 11.0 Å². The van der Waals surface area contributed by atoms with Crippen molar-refractivity contribution < 1.29 is 13.5 Å². The van der Waals surface area contributed by atoms with Gasteiger partial charge in [-0.1, -0.05) is 6.07 Å². The Kier molecular flexibility index (Phi) is 4.22. The van der Waals surface area contributed by atoms with E-state index in [0.29, 0.717) is 12.1 Å². The molecule has 0 aliphatic carbocycles. The Morgan fingerprint density at radius 2 is 2.00 bits per heavy atom. The Hall–Kier alpha value is -3.42. The number of aromatic amines is 1. The van der Waals surface area contributed by atoms with Crippen molar-refractivity contribution in [1.29, 1.82) is 0 Å². The summed E-state index contributed by atoms with van der Waals surface area (Å²) in [6.07, 6.45) is 6.59. The number of aryl methyl sites for hydroxylation is 2. The number of nitrogens with one attached hydrogen (secondary N) is 1. The average Bonchev–Trinajstić information content (AvgIpc) is 3.05. The molecule has 1 N–H and O–H groups in total. The number of fused-ring (bicyclic) bond motifs is 1. The number of hydrogen-bond acceptors (Lipinski definition) is 5. The highest BCUT2D eigenvalue weighted by Crippen LogP contribution is 2.24. The molecule has 3 aromatic heterocycles. The first-order chi connectivity index (χ1) is 12.7. The van der Waals surface area contributed by atoms with E-state index in [1.165, 1.54) is 6.07 Å². The SMILES string of the molecule is Fc1ccc(Oc2ncc3c(CCc4cccnc4)n[nH]c3n2)c(F)c1. The minimum absolute atomic E-state index is 0.0505. The normalized spacial score (nSPS) is 11.0. The monoisotopic (exact) mass is 353 g/mol. The van der Waals surface area contributed by atoms with Gasteiger partial charge in [0.1, 0.15) is 5.82 Å². The highest BCUT2D eigenvalue weighted by molar-refractivity contribution is 5.76. The maximum Gasteiger partial charge on any atom is 0.324 e. The van der Waals surface area contributed by atoms with Gasteiger partial charge in [0.05, 0.1) is 11.1 Å². The number of pyridine rings is 1. The number of nitrogens with zero attached hydrogens (tertiary/aromatic N) is 4. The number of hydrogen-bond donors (Lipinski definition) is 1. The fourth-order valence-corrected chi connectivity index (χ4v) is 2.55. The number of halogens is 2. The van der Waals surface area contributed by atoms with E-state index in [1.54, 1.807) is 12.4 Å². The molecule has 0 saturated carbocycles. The fraction of sp³-hybridized carbons (Fsp3) is 0.111. The summed E-state index contributed by atoms with van der Waals surface area (Å²) < 4.78 is 31.9. The van der Waals surface area contributed by atoms with Gasteiger partial charge >= 0.3 is 6.01 Å². The second kappa shape index (κ2) is 6.83. The van der Waals surface area contributed by atoms with Crippen LogP contribution in [0.2, 0.25) is 0 Å². The van der Waals surface area contributed by atoms with Crippen molar-refractivity contribution in [2.75, 3.05) is 0 Å². The third-order valence-electron chi connectivity index (χ3n) is 3.84. The summed E-state index contributed by atoms with van der Waals surface area (Å²) in [6, 6.07) is 6.86. The maximum atomic E-state index is 13.7. The van der Waals surface area contributed by atoms with Gasteiger partial charge in [0, 0.05) is 24.7 Å². The molecule has 1 aromatic carbocycles. The number of H-pyrrole nitrogens is 1. The van der Waals surface area contributed by atoms with Crippen LogP contribution in [0.4, 0.5) is 8.78 Å². The fourth-order valence-electron chi connectivity index (χ4n) is 2.55. The molecule has 0 radical (unpaired) electrons. The predicted octanol–water partition coefficient (Wildman–Crippen LogP) is 3.60. The van der Waals surface area contributed by atoms with Gasteiger partial charge in [-0.05, 0) is 36.6 Å². The van der Waals surface area contributed by atoms with Crippen LogP contribution < -0.4 is 4.74 Å². The second-order valence-electron chi connectivity index (χ2n) is 5.62. The molecule has 6 nitrogen and oxygen atoms in total. The first-order valence-corrected chi connectivity index (χ1v) is 7.91. The third-order valence-corrected chi connectivity index (χ3v) is 3.84. The van der Waals surface area contributed by atoms with Crippen molar-refractivity contribution in [1.82, 2.24) is 25.1 Å². The Balaban J connectivity index is 1.53. The quantitative estimate of drug-likeness (QED) is 0.593. The third kappa shape index (κ3) is 3.34. The van der Waals surface area contributed by atoms with Crippen molar-refractivity contribution in [2.24, 2.45) is 0 Å². The van der Waals surface area contributed by atoms with Crippen LogP contribution in [-0.4, -0.2) is 25.1 Å². The van der Waals surface area contributed by atoms with Crippen molar-refractivity contribution in [3.05, 3.63) is 71.8 Å². The number of aromatic nitrogens is 5. The van der Waals surface area contributed by atoms with Gasteiger partial charge < -0.3 is 4.74 Å². The van der Waals surface area contributed by atoms with Gasteiger partial charge in [0.2, 0.25) is 0 Å². The summed E-state index contributed by atoms with van der Waals surface area (Å²) in [4.78, 5) is 12.4. The maximum absolute atomic E-state index is 13.7. The van der Waals surface area contributed by atoms with E-state index in [-0.39, 0.29) is 11.8 Å². The van der Waals surface area contributed by atoms with Crippen molar-refractivity contribution >= 4 is 11.0 Å². The molecule has 0 amide bonds. The predicted molar refractivity (Wildman–Crippen MR) is 89.8 cm³/mol. The number of benzene rings is 1. The Morgan fingerprint density at radius 1 is 1.08 bits per heavy atom. The summed E-state index contributed by atoms with van der Waals surface area (Å²) in [5, 5.41) is 7.85. The van der Waals surface area contributed by atoms with E-state index < -0.39 is 11.6 Å². The van der Waals surface area contributed by atoms with E-state index in [9.17, 15) is 8.78 Å². The van der Waals surface area contributed by atoms with E-state index >= 15 is 0 Å². The van der Waals surface area contributed by atoms with Gasteiger partial charge in [0.15, 0.2) is 17.2 Å². The summed E-state index contributed by atoms with van der Waals surface area (Å²) in [7, 11) is 0. The van der Waals surface area contributed by atoms with Crippen LogP contribution in [-0.2, 0) is 12.8 Å². The zero-order chi connectivity index (χ0) is 17.9. The van der Waals surface area contributed by atoms with E-state index in [4.69, 9.17) is 4.74 Å². The minimum Gasteiger partial charge on any atom is -0.421 e. The van der Waals surface area contributed by atoms with E-state index in [2.05, 4.69) is 25.1 Å². The average molecular weight is 353 g/mol. The van der Waals surface area contributed by atoms with Gasteiger partial charge in [0.25, 0.3) is 0 Å². The zero-order valence-corrected chi connectivity index (χ0v) is 13.5. The van der Waals surface area contributed by atoms with Crippen LogP contribution in [0.5, 0.6) is 11.8 Å². The van der Waals surface area contributed by atoms with Crippen molar-refractivity contribution in [2.45, 2.75) is 12.8 Å². The topological polar surface area (TPSA) is 76.6 Å². The van der Waals surface area contributed by atoms with Gasteiger partial charge in [-0.3, -0.25) is 10.1 Å². The lowest BCUT2D eigenvalue weighted by Crippen LogP contribution is -1.95. The molecule has 26 heavy (non-hydrogen) atoms. The van der Waals surface area contributed by atoms with Crippen molar-refractivity contribution in [3.8, 4) is 11.8 Å². The van der Waals surface area contributed by atoms with Crippen LogP contribution in [0.3, 0.4) is 0 Å². The molecule has 130 valence electrons. The summed E-state index contributed by atoms with van der Waals surface area (Å²) >= 11 is 0. The minimum atomic E-state index is -0.824. The van der Waals surface area contributed by atoms with Crippen LogP contribution in [0.15, 0.2) is 48.9 Å². The van der Waals surface area contributed by atoms with Gasteiger partial charge in [-0.15, -0.1) is 0 Å². The molecule has 8 heteroatoms. The lowest BCUT2D eigenvalue weighted by Gasteiger charge is -2.04. The van der Waals surface area contributed by atoms with Gasteiger partial charge in [-0.25, -0.2) is 13.8 Å². The Bertz CT molecular complexity index is 1050. The number of ether oxygens (including phenoxy) is 1. The molecule has 3 heterocycles. The highest BCUT2D eigenvalue weighted by Gasteiger charge is 2.12. The smallest absolute Gasteiger partial charge is 0.324 e. The first kappa shape index (κ1) is 16.1. The van der Waals surface area contributed by atoms with Crippen LogP contribution in [0.1, 0.15) is 11.3 Å². The molecular formula is C18H13F2N5O. The van der Waals surface area contributed by atoms with Gasteiger partial charge in [-0.2, -0.15) is 10.1 Å². The molecular weight excluding hydrogens is 340 g/mol. The van der Waals surface area contributed by atoms with Crippen molar-refractivity contribution in [3.63, 3.8) is 0 Å². The van der Waals surface area contributed by atoms with E-state index in [0.717, 1.165) is 35.2 Å². The lowest BCUT2D eigenvalue weighted by atomic mass is 10.1. The molecule has 0 aliphatic rings. The number of rotatable bonds is 5. The van der Waals surface area contributed by atoms with Crippen LogP contribution in [0, 0.1) is 11.6 Å². The molecule has 0 unspecified atom stereocenters. The first-order valence-electron chi connectivity index (χ1n) is 7.91. The summed E-state index contributed by atoms with van der Waals surface area (Å²) in [5.41, 5.74) is 2.42. The molecule has 0 bridgehead atoms. The Labute approximate surface area is 146 Å². The highest BCUT2D eigenvalue weighted by atomic mass is 19.1. The van der Waals surface area contributed by atoms with Crippen LogP contribution >= 0.6 is 0 Å². The molecule has 4 rings (SSSR count). The summed E-state index contributed by atoms with van der Waals surface area (Å²) in [5.74, 6) is -1.66. The molecule has 0 aliphatic heterocycles. The lowest BCUT2D eigenvalue weighted by molar-refractivity contribution is 0.409. The summed E-state index contributed by atoms with van der Waals surface area (Å²) in [6.45, 7) is 0. The molecule has 0 saturated heterocycles. The van der Waals surface area contributed by atoms with E-state index in [1.807, 2.05) is 18.3 Å². The molecule has 0 spiro atoms. The zero-order valence-electron chi connectivity index (χ0n) is 13.5. The standard InChI is InChI=1S/C18H13F2N5O/c19-12-4-6-16(14(20)8-12)26-18-22-10-13-15(24-25-17(13)23-18)5-3-11-2-1-7-21-9-11/h1-2,4,6-10H,3,5H2,(H,22,23,24,25).